The summed E-state index contributed by atoms with van der Waals surface area (Å²) in [5, 5.41) is 0. The molecule has 19 heavy (non-hydrogen) atoms. The Kier molecular flexibility index (Phi) is 6.43. The monoisotopic (exact) mass is 265 g/mol. The molecule has 0 aliphatic heterocycles. The van der Waals surface area contributed by atoms with Gasteiger partial charge in [0.15, 0.2) is 0 Å². The predicted molar refractivity (Wildman–Crippen MR) is 71.4 cm³/mol. The van der Waals surface area contributed by atoms with Crippen LogP contribution in [0.4, 0.5) is 0 Å². The van der Waals surface area contributed by atoms with Gasteiger partial charge in [0, 0.05) is 17.5 Å². The number of carbonyl (C=O) groups excluding carboxylic acids is 2. The Morgan fingerprint density at radius 2 is 1.95 bits per heavy atom. The van der Waals surface area contributed by atoms with Crippen LogP contribution in [0.15, 0.2) is 18.2 Å². The van der Waals surface area contributed by atoms with Crippen molar-refractivity contribution in [3.63, 3.8) is 0 Å². The van der Waals surface area contributed by atoms with Gasteiger partial charge in [-0.3, -0.25) is 4.79 Å². The first kappa shape index (κ1) is 15.0. The molecule has 0 radical (unpaired) electrons. The lowest BCUT2D eigenvalue weighted by Crippen LogP contribution is -2.05. The average molecular weight is 265 g/mol. The van der Waals surface area contributed by atoms with Gasteiger partial charge in [-0.1, -0.05) is 0 Å². The molecule has 5 nitrogen and oxygen atoms in total. The Morgan fingerprint density at radius 1 is 1.21 bits per heavy atom. The van der Waals surface area contributed by atoms with Crippen LogP contribution >= 0.6 is 0 Å². The zero-order chi connectivity index (χ0) is 14.1. The van der Waals surface area contributed by atoms with E-state index in [9.17, 15) is 9.59 Å². The summed E-state index contributed by atoms with van der Waals surface area (Å²) in [7, 11) is 0. The quantitative estimate of drug-likeness (QED) is 0.605. The highest BCUT2D eigenvalue weighted by atomic mass is 16.5. The number of ether oxygens (including phenoxy) is 2. The predicted octanol–water partition coefficient (Wildman–Crippen LogP) is 2.09. The number of H-pyrrole nitrogens is 1. The van der Waals surface area contributed by atoms with Crippen molar-refractivity contribution in [2.24, 2.45) is 0 Å². The van der Waals surface area contributed by atoms with Gasteiger partial charge in [0.25, 0.3) is 0 Å². The maximum atomic E-state index is 11.2. The van der Waals surface area contributed by atoms with E-state index in [4.69, 9.17) is 9.47 Å². The number of aryl methyl sites for hydroxylation is 1. The van der Waals surface area contributed by atoms with E-state index in [0.717, 1.165) is 11.4 Å². The van der Waals surface area contributed by atoms with Crippen LogP contribution in [-0.4, -0.2) is 30.1 Å². The minimum atomic E-state index is -0.370. The smallest absolute Gasteiger partial charge is 0.330 e. The first-order valence-electron chi connectivity index (χ1n) is 6.34. The second-order valence-electron chi connectivity index (χ2n) is 3.83. The molecular weight excluding hydrogens is 246 g/mol. The molecule has 0 aliphatic carbocycles. The van der Waals surface area contributed by atoms with Crippen molar-refractivity contribution in [2.75, 3.05) is 13.2 Å². The summed E-state index contributed by atoms with van der Waals surface area (Å²) in [6.45, 7) is 4.30. The first-order chi connectivity index (χ1) is 9.15. The summed E-state index contributed by atoms with van der Waals surface area (Å²) in [5.41, 5.74) is 1.73. The lowest BCUT2D eigenvalue weighted by atomic mass is 10.2. The van der Waals surface area contributed by atoms with E-state index in [-0.39, 0.29) is 11.9 Å². The van der Waals surface area contributed by atoms with Crippen LogP contribution in [-0.2, 0) is 25.5 Å². The third-order valence-corrected chi connectivity index (χ3v) is 2.36. The van der Waals surface area contributed by atoms with E-state index in [0.29, 0.717) is 26.1 Å². The van der Waals surface area contributed by atoms with Crippen molar-refractivity contribution in [3.8, 4) is 0 Å². The molecule has 0 fully saturated rings. The summed E-state index contributed by atoms with van der Waals surface area (Å²) in [5.74, 6) is -0.578. The van der Waals surface area contributed by atoms with E-state index in [2.05, 4.69) is 4.98 Å². The van der Waals surface area contributed by atoms with E-state index in [1.165, 1.54) is 6.08 Å². The maximum Gasteiger partial charge on any atom is 0.330 e. The fourth-order valence-electron chi connectivity index (χ4n) is 1.52. The van der Waals surface area contributed by atoms with Gasteiger partial charge < -0.3 is 14.5 Å². The van der Waals surface area contributed by atoms with Crippen LogP contribution in [0.5, 0.6) is 0 Å². The number of nitrogens with one attached hydrogen (secondary N) is 1. The average Bonchev–Trinajstić information content (AvgIpc) is 2.83. The summed E-state index contributed by atoms with van der Waals surface area (Å²) in [6, 6.07) is 3.72. The second-order valence-corrected chi connectivity index (χ2v) is 3.83. The number of aromatic nitrogens is 1. The highest BCUT2D eigenvalue weighted by Gasteiger charge is 2.04. The molecule has 104 valence electrons. The van der Waals surface area contributed by atoms with Crippen LogP contribution in [0.25, 0.3) is 6.08 Å². The minimum Gasteiger partial charge on any atom is -0.466 e. The van der Waals surface area contributed by atoms with E-state index in [1.54, 1.807) is 19.9 Å². The van der Waals surface area contributed by atoms with E-state index < -0.39 is 0 Å². The van der Waals surface area contributed by atoms with Crippen molar-refractivity contribution >= 4 is 18.0 Å². The summed E-state index contributed by atoms with van der Waals surface area (Å²) in [6.07, 6.45) is 3.94. The number of hydrogen-bond donors (Lipinski definition) is 1. The fraction of sp³-hybridized carbons (Fsp3) is 0.429. The highest BCUT2D eigenvalue weighted by Crippen LogP contribution is 2.07. The van der Waals surface area contributed by atoms with Crippen LogP contribution in [0.3, 0.4) is 0 Å². The van der Waals surface area contributed by atoms with Gasteiger partial charge in [-0.2, -0.15) is 0 Å². The van der Waals surface area contributed by atoms with Crippen LogP contribution in [0.1, 0.15) is 31.7 Å². The molecule has 0 aromatic carbocycles. The van der Waals surface area contributed by atoms with Gasteiger partial charge in [-0.05, 0) is 38.5 Å². The Bertz CT molecular complexity index is 448. The van der Waals surface area contributed by atoms with Gasteiger partial charge in [0.1, 0.15) is 0 Å². The molecule has 5 heteroatoms. The molecule has 1 aromatic rings. The molecular formula is C14H19NO4. The van der Waals surface area contributed by atoms with E-state index in [1.807, 2.05) is 12.1 Å². The molecule has 1 heterocycles. The number of aromatic amines is 1. The van der Waals surface area contributed by atoms with Gasteiger partial charge in [0.2, 0.25) is 0 Å². The summed E-state index contributed by atoms with van der Waals surface area (Å²) in [4.78, 5) is 25.4. The van der Waals surface area contributed by atoms with Crippen molar-refractivity contribution in [3.05, 3.63) is 29.6 Å². The Labute approximate surface area is 112 Å². The Morgan fingerprint density at radius 3 is 2.63 bits per heavy atom. The van der Waals surface area contributed by atoms with Gasteiger partial charge in [0.05, 0.1) is 19.6 Å². The van der Waals surface area contributed by atoms with Crippen LogP contribution in [0, 0.1) is 0 Å². The fourth-order valence-corrected chi connectivity index (χ4v) is 1.52. The Balaban J connectivity index is 2.44. The number of esters is 2. The standard InChI is InChI=1S/C14H19NO4/c1-3-18-13(16)9-7-11-5-6-12(15-11)8-10-14(17)19-4-2/h5-7,9,15H,3-4,8,10H2,1-2H3/b9-7+. The van der Waals surface area contributed by atoms with Gasteiger partial charge in [-0.15, -0.1) is 0 Å². The zero-order valence-corrected chi connectivity index (χ0v) is 11.3. The van der Waals surface area contributed by atoms with E-state index >= 15 is 0 Å². The summed E-state index contributed by atoms with van der Waals surface area (Å²) >= 11 is 0. The van der Waals surface area contributed by atoms with Crippen molar-refractivity contribution < 1.29 is 19.1 Å². The number of hydrogen-bond acceptors (Lipinski definition) is 4. The Hall–Kier alpha value is -2.04. The lowest BCUT2D eigenvalue weighted by molar-refractivity contribution is -0.143. The SMILES string of the molecule is CCOC(=O)/C=C/c1ccc(CCC(=O)OCC)[nH]1. The van der Waals surface area contributed by atoms with Gasteiger partial charge in [-0.25, -0.2) is 4.79 Å². The minimum absolute atomic E-state index is 0.208. The van der Waals surface area contributed by atoms with Crippen molar-refractivity contribution in [1.82, 2.24) is 4.98 Å². The van der Waals surface area contributed by atoms with Crippen LogP contribution < -0.4 is 0 Å². The molecule has 0 bridgehead atoms. The normalized spacial score (nSPS) is 10.6. The third kappa shape index (κ3) is 5.90. The maximum absolute atomic E-state index is 11.2. The molecule has 1 rings (SSSR count). The molecule has 0 saturated carbocycles. The molecule has 0 amide bonds. The molecule has 1 aromatic heterocycles. The molecule has 0 unspecified atom stereocenters. The largest absolute Gasteiger partial charge is 0.466 e. The molecule has 1 N–H and O–H groups in total. The lowest BCUT2D eigenvalue weighted by Gasteiger charge is -1.99. The second kappa shape index (κ2) is 8.13. The van der Waals surface area contributed by atoms with Crippen molar-refractivity contribution in [1.29, 1.82) is 0 Å². The van der Waals surface area contributed by atoms with Crippen LogP contribution in [0.2, 0.25) is 0 Å². The highest BCUT2D eigenvalue weighted by molar-refractivity contribution is 5.86. The molecule has 0 atom stereocenters. The molecule has 0 saturated heterocycles. The molecule has 0 aliphatic rings. The molecule has 0 spiro atoms. The van der Waals surface area contributed by atoms with Crippen molar-refractivity contribution in [2.45, 2.75) is 26.7 Å². The number of carbonyl (C=O) groups is 2. The number of rotatable bonds is 7. The summed E-state index contributed by atoms with van der Waals surface area (Å²) < 4.78 is 9.62. The van der Waals surface area contributed by atoms with Gasteiger partial charge >= 0.3 is 11.9 Å². The topological polar surface area (TPSA) is 68.4 Å². The third-order valence-electron chi connectivity index (χ3n) is 2.36. The zero-order valence-electron chi connectivity index (χ0n) is 11.3. The first-order valence-corrected chi connectivity index (χ1v) is 6.34.